The van der Waals surface area contributed by atoms with Crippen molar-refractivity contribution in [1.82, 2.24) is 4.98 Å². The molecule has 7 heteroatoms. The summed E-state index contributed by atoms with van der Waals surface area (Å²) >= 11 is 1.08. The topological polar surface area (TPSA) is 113 Å². The van der Waals surface area contributed by atoms with Crippen molar-refractivity contribution < 1.29 is 9.53 Å². The standard InChI is InChI=1S/C18H16N4O2S/c1-3-24-15-13(9-19)11(2)22-18(14(15)10-20)25-16(17(21)23)12-7-5-4-6-8-12/h4-8,16H,3H2,1-2H3,(H2,21,23). The van der Waals surface area contributed by atoms with E-state index in [-0.39, 0.29) is 16.9 Å². The number of aryl methyl sites for hydroxylation is 1. The van der Waals surface area contributed by atoms with E-state index >= 15 is 0 Å². The van der Waals surface area contributed by atoms with Gasteiger partial charge in [-0.2, -0.15) is 10.5 Å². The first-order valence-corrected chi connectivity index (χ1v) is 8.39. The van der Waals surface area contributed by atoms with Crippen molar-refractivity contribution in [1.29, 1.82) is 10.5 Å². The van der Waals surface area contributed by atoms with Crippen LogP contribution in [0, 0.1) is 29.6 Å². The number of hydrogen-bond acceptors (Lipinski definition) is 6. The van der Waals surface area contributed by atoms with E-state index in [2.05, 4.69) is 4.98 Å². The number of nitrogens with zero attached hydrogens (tertiary/aromatic N) is 3. The zero-order chi connectivity index (χ0) is 18.4. The third kappa shape index (κ3) is 3.90. The van der Waals surface area contributed by atoms with E-state index in [1.165, 1.54) is 0 Å². The fraction of sp³-hybridized carbons (Fsp3) is 0.222. The minimum atomic E-state index is -0.706. The number of thioether (sulfide) groups is 1. The molecule has 1 atom stereocenters. The van der Waals surface area contributed by atoms with E-state index in [0.717, 1.165) is 11.8 Å². The Labute approximate surface area is 150 Å². The van der Waals surface area contributed by atoms with Crippen LogP contribution >= 0.6 is 11.8 Å². The van der Waals surface area contributed by atoms with Gasteiger partial charge in [0.05, 0.1) is 12.3 Å². The predicted octanol–water partition coefficient (Wildman–Crippen LogP) is 2.85. The Bertz CT molecular complexity index is 869. The summed E-state index contributed by atoms with van der Waals surface area (Å²) in [6.07, 6.45) is 0. The van der Waals surface area contributed by atoms with E-state index < -0.39 is 11.2 Å². The normalized spacial score (nSPS) is 11.2. The van der Waals surface area contributed by atoms with Gasteiger partial charge in [-0.1, -0.05) is 42.1 Å². The minimum absolute atomic E-state index is 0.135. The van der Waals surface area contributed by atoms with Crippen LogP contribution in [0.1, 0.15) is 34.6 Å². The highest BCUT2D eigenvalue weighted by Gasteiger charge is 2.25. The van der Waals surface area contributed by atoms with E-state index in [9.17, 15) is 15.3 Å². The van der Waals surface area contributed by atoms with Crippen LogP contribution in [-0.2, 0) is 4.79 Å². The molecule has 0 radical (unpaired) electrons. The number of nitrogens with two attached hydrogens (primary N) is 1. The van der Waals surface area contributed by atoms with Gasteiger partial charge in [-0.25, -0.2) is 4.98 Å². The van der Waals surface area contributed by atoms with Crippen molar-refractivity contribution in [3.8, 4) is 17.9 Å². The van der Waals surface area contributed by atoms with Gasteiger partial charge in [0, 0.05) is 0 Å². The van der Waals surface area contributed by atoms with Gasteiger partial charge in [-0.15, -0.1) is 0 Å². The lowest BCUT2D eigenvalue weighted by atomic mass is 10.1. The van der Waals surface area contributed by atoms with Crippen LogP contribution in [0.3, 0.4) is 0 Å². The number of amides is 1. The predicted molar refractivity (Wildman–Crippen MR) is 93.8 cm³/mol. The highest BCUT2D eigenvalue weighted by atomic mass is 32.2. The second kappa shape index (κ2) is 8.18. The van der Waals surface area contributed by atoms with E-state index in [0.29, 0.717) is 22.9 Å². The van der Waals surface area contributed by atoms with Gasteiger partial charge >= 0.3 is 0 Å². The molecule has 0 saturated carbocycles. The molecule has 1 unspecified atom stereocenters. The number of nitriles is 2. The Hall–Kier alpha value is -3.03. The number of rotatable bonds is 6. The van der Waals surface area contributed by atoms with Crippen molar-refractivity contribution in [3.05, 3.63) is 52.7 Å². The van der Waals surface area contributed by atoms with Gasteiger partial charge in [0.15, 0.2) is 5.75 Å². The number of ether oxygens (including phenoxy) is 1. The largest absolute Gasteiger partial charge is 0.491 e. The molecule has 0 aliphatic rings. The Morgan fingerprint density at radius 3 is 2.44 bits per heavy atom. The molecule has 0 aliphatic carbocycles. The summed E-state index contributed by atoms with van der Waals surface area (Å²) < 4.78 is 5.50. The quantitative estimate of drug-likeness (QED) is 0.800. The summed E-state index contributed by atoms with van der Waals surface area (Å²) in [5.74, 6) is -0.347. The SMILES string of the molecule is CCOc1c(C#N)c(C)nc(SC(C(N)=O)c2ccccc2)c1C#N. The molecule has 25 heavy (non-hydrogen) atoms. The van der Waals surface area contributed by atoms with Crippen LogP contribution in [0.4, 0.5) is 0 Å². The van der Waals surface area contributed by atoms with Crippen LogP contribution in [0.2, 0.25) is 0 Å². The maximum Gasteiger partial charge on any atom is 0.235 e. The molecule has 0 aliphatic heterocycles. The van der Waals surface area contributed by atoms with Crippen LogP contribution in [0.5, 0.6) is 5.75 Å². The van der Waals surface area contributed by atoms with E-state index in [1.54, 1.807) is 38.1 Å². The second-order valence-corrected chi connectivity index (χ2v) is 6.14. The number of carbonyl (C=O) groups excluding carboxylic acids is 1. The third-order valence-electron chi connectivity index (χ3n) is 3.40. The first kappa shape index (κ1) is 18.3. The molecular weight excluding hydrogens is 336 g/mol. The van der Waals surface area contributed by atoms with Gasteiger partial charge < -0.3 is 10.5 Å². The fourth-order valence-electron chi connectivity index (χ4n) is 2.28. The first-order valence-electron chi connectivity index (χ1n) is 7.51. The lowest BCUT2D eigenvalue weighted by Gasteiger charge is -2.17. The molecule has 6 nitrogen and oxygen atoms in total. The van der Waals surface area contributed by atoms with Gasteiger partial charge in [0.25, 0.3) is 0 Å². The zero-order valence-corrected chi connectivity index (χ0v) is 14.6. The fourth-order valence-corrected chi connectivity index (χ4v) is 3.36. The Morgan fingerprint density at radius 2 is 1.92 bits per heavy atom. The van der Waals surface area contributed by atoms with Gasteiger partial charge in [-0.3, -0.25) is 4.79 Å². The molecular formula is C18H16N4O2S. The molecule has 2 N–H and O–H groups in total. The van der Waals surface area contributed by atoms with E-state index in [4.69, 9.17) is 10.5 Å². The number of hydrogen-bond donors (Lipinski definition) is 1. The number of aromatic nitrogens is 1. The molecule has 1 aromatic carbocycles. The van der Waals surface area contributed by atoms with Gasteiger partial charge in [-0.05, 0) is 19.4 Å². The molecule has 1 aromatic heterocycles. The third-order valence-corrected chi connectivity index (χ3v) is 4.66. The highest BCUT2D eigenvalue weighted by Crippen LogP contribution is 2.39. The average Bonchev–Trinajstić information content (AvgIpc) is 2.60. The summed E-state index contributed by atoms with van der Waals surface area (Å²) in [7, 11) is 0. The molecule has 0 fully saturated rings. The molecule has 1 amide bonds. The number of primary amides is 1. The summed E-state index contributed by atoms with van der Waals surface area (Å²) in [5, 5.41) is 18.5. The molecule has 0 bridgehead atoms. The molecule has 126 valence electrons. The first-order chi connectivity index (χ1) is 12.0. The van der Waals surface area contributed by atoms with Crippen molar-refractivity contribution in [2.45, 2.75) is 24.1 Å². The van der Waals surface area contributed by atoms with Gasteiger partial charge in [0.1, 0.15) is 33.5 Å². The lowest BCUT2D eigenvalue weighted by Crippen LogP contribution is -2.19. The lowest BCUT2D eigenvalue weighted by molar-refractivity contribution is -0.117. The zero-order valence-electron chi connectivity index (χ0n) is 13.8. The maximum absolute atomic E-state index is 11.9. The van der Waals surface area contributed by atoms with Crippen molar-refractivity contribution in [2.75, 3.05) is 6.61 Å². The molecule has 1 heterocycles. The molecule has 0 saturated heterocycles. The van der Waals surface area contributed by atoms with Crippen LogP contribution in [-0.4, -0.2) is 17.5 Å². The maximum atomic E-state index is 11.9. The number of carbonyl (C=O) groups is 1. The average molecular weight is 352 g/mol. The van der Waals surface area contributed by atoms with Crippen molar-refractivity contribution in [2.24, 2.45) is 5.73 Å². The Kier molecular flexibility index (Phi) is 5.99. The van der Waals surface area contributed by atoms with Crippen LogP contribution in [0.15, 0.2) is 35.4 Å². The number of pyridine rings is 1. The van der Waals surface area contributed by atoms with Crippen LogP contribution in [0.25, 0.3) is 0 Å². The number of benzene rings is 1. The van der Waals surface area contributed by atoms with Crippen LogP contribution < -0.4 is 10.5 Å². The smallest absolute Gasteiger partial charge is 0.235 e. The van der Waals surface area contributed by atoms with E-state index in [1.807, 2.05) is 18.2 Å². The Balaban J connectivity index is 2.57. The summed E-state index contributed by atoms with van der Waals surface area (Å²) in [6.45, 7) is 3.73. The van der Waals surface area contributed by atoms with Crippen molar-refractivity contribution in [3.63, 3.8) is 0 Å². The molecule has 0 spiro atoms. The minimum Gasteiger partial charge on any atom is -0.491 e. The summed E-state index contributed by atoms with van der Waals surface area (Å²) in [6, 6.07) is 13.1. The van der Waals surface area contributed by atoms with Crippen molar-refractivity contribution >= 4 is 17.7 Å². The monoisotopic (exact) mass is 352 g/mol. The highest BCUT2D eigenvalue weighted by molar-refractivity contribution is 8.00. The molecule has 2 rings (SSSR count). The summed E-state index contributed by atoms with van der Waals surface area (Å²) in [4.78, 5) is 16.3. The van der Waals surface area contributed by atoms with Gasteiger partial charge in [0.2, 0.25) is 5.91 Å². The molecule has 2 aromatic rings. The summed E-state index contributed by atoms with van der Waals surface area (Å²) in [5.41, 5.74) is 7.05. The second-order valence-electron chi connectivity index (χ2n) is 5.05. The Morgan fingerprint density at radius 1 is 1.28 bits per heavy atom.